The van der Waals surface area contributed by atoms with Crippen LogP contribution in [-0.4, -0.2) is 49.0 Å². The molecular weight excluding hydrogens is 498 g/mol. The molecule has 8 nitrogen and oxygen atoms in total. The average Bonchev–Trinajstić information content (AvgIpc) is 3.30. The maximum Gasteiger partial charge on any atom is 0.326 e. The number of hydrogen-bond acceptors (Lipinski definition) is 6. The van der Waals surface area contributed by atoms with Crippen LogP contribution in [0, 0.1) is 12.8 Å². The van der Waals surface area contributed by atoms with E-state index in [-0.39, 0.29) is 41.4 Å². The second kappa shape index (κ2) is 10.6. The number of urea groups is 1. The molecule has 0 bridgehead atoms. The van der Waals surface area contributed by atoms with Crippen molar-refractivity contribution in [1.29, 1.82) is 0 Å². The number of anilines is 1. The van der Waals surface area contributed by atoms with Gasteiger partial charge in [0.05, 0.1) is 16.3 Å². The predicted molar refractivity (Wildman–Crippen MR) is 150 cm³/mol. The van der Waals surface area contributed by atoms with Gasteiger partial charge in [0, 0.05) is 29.4 Å². The lowest BCUT2D eigenvalue weighted by atomic mass is 9.86. The maximum atomic E-state index is 13.6. The van der Waals surface area contributed by atoms with Crippen molar-refractivity contribution in [2.24, 2.45) is 5.92 Å². The number of ether oxygens (including phenoxy) is 1. The lowest BCUT2D eigenvalue weighted by Crippen LogP contribution is -2.62. The highest BCUT2D eigenvalue weighted by molar-refractivity contribution is 8.04. The summed E-state index contributed by atoms with van der Waals surface area (Å²) in [7, 11) is 1.96. The van der Waals surface area contributed by atoms with E-state index in [9.17, 15) is 9.59 Å². The molecule has 38 heavy (non-hydrogen) atoms. The quantitative estimate of drug-likeness (QED) is 0.444. The molecule has 200 valence electrons. The summed E-state index contributed by atoms with van der Waals surface area (Å²) < 4.78 is 6.01. The third-order valence-electron chi connectivity index (χ3n) is 8.21. The molecule has 2 aromatic carbocycles. The van der Waals surface area contributed by atoms with Crippen molar-refractivity contribution < 1.29 is 14.3 Å². The molecule has 3 amide bonds. The highest BCUT2D eigenvalue weighted by Gasteiger charge is 2.52. The Kier molecular flexibility index (Phi) is 7.07. The Bertz CT molecular complexity index is 1250. The minimum Gasteiger partial charge on any atom is -0.457 e. The minimum absolute atomic E-state index is 0.0258. The van der Waals surface area contributed by atoms with Crippen molar-refractivity contribution in [2.45, 2.75) is 62.5 Å². The third kappa shape index (κ3) is 4.67. The molecule has 2 aromatic rings. The Morgan fingerprint density at radius 1 is 1.05 bits per heavy atom. The molecule has 4 N–H and O–H groups in total. The van der Waals surface area contributed by atoms with Crippen molar-refractivity contribution in [3.8, 4) is 11.5 Å². The fourth-order valence-electron chi connectivity index (χ4n) is 6.37. The summed E-state index contributed by atoms with van der Waals surface area (Å²) in [5, 5.41) is 13.4. The number of hydrogen-bond donors (Lipinski definition) is 4. The van der Waals surface area contributed by atoms with Gasteiger partial charge in [0.2, 0.25) is 0 Å². The zero-order valence-corrected chi connectivity index (χ0v) is 22.6. The van der Waals surface area contributed by atoms with Crippen molar-refractivity contribution in [3.05, 3.63) is 64.7 Å². The molecule has 3 unspecified atom stereocenters. The van der Waals surface area contributed by atoms with E-state index in [0.717, 1.165) is 60.7 Å². The molecule has 9 heteroatoms. The van der Waals surface area contributed by atoms with Crippen molar-refractivity contribution in [2.75, 3.05) is 18.5 Å². The van der Waals surface area contributed by atoms with Gasteiger partial charge in [-0.3, -0.25) is 9.69 Å². The molecule has 4 aliphatic rings. The Balaban J connectivity index is 1.25. The standard InChI is InChI=1S/C29H35N5O3S/c1-17-16-19(37-18-8-4-3-5-9-18)12-13-22(17)34-23-14-15-31-28-24(23)25(33-29(34)36)26(38-28)27(35)32-21-11-7-6-10-20(21)30-2/h3-5,8-9,12-13,16,20-21,23-24,28,30-31H,6-7,10-11,14-15H2,1-2H3,(H,32,35)(H,33,36)/t20-,21+,23?,24?,28?/m1/s1. The van der Waals surface area contributed by atoms with Gasteiger partial charge in [0.1, 0.15) is 11.5 Å². The Morgan fingerprint density at radius 2 is 1.84 bits per heavy atom. The van der Waals surface area contributed by atoms with Crippen LogP contribution in [0.25, 0.3) is 0 Å². The van der Waals surface area contributed by atoms with E-state index in [0.29, 0.717) is 4.91 Å². The summed E-state index contributed by atoms with van der Waals surface area (Å²) in [4.78, 5) is 29.6. The monoisotopic (exact) mass is 533 g/mol. The van der Waals surface area contributed by atoms with E-state index in [1.54, 1.807) is 11.8 Å². The van der Waals surface area contributed by atoms with E-state index >= 15 is 0 Å². The first-order valence-electron chi connectivity index (χ1n) is 13.6. The first kappa shape index (κ1) is 25.3. The zero-order valence-electron chi connectivity index (χ0n) is 21.8. The minimum atomic E-state index is -0.180. The molecule has 5 atom stereocenters. The second-order valence-corrected chi connectivity index (χ2v) is 11.7. The number of rotatable bonds is 6. The number of thioether (sulfide) groups is 1. The summed E-state index contributed by atoms with van der Waals surface area (Å²) in [6.45, 7) is 2.80. The number of nitrogens with one attached hydrogen (secondary N) is 4. The normalized spacial score (nSPS) is 28.5. The molecule has 6 rings (SSSR count). The van der Waals surface area contributed by atoms with Crippen LogP contribution in [0.15, 0.2) is 59.1 Å². The number of carbonyl (C=O) groups is 2. The van der Waals surface area contributed by atoms with E-state index in [1.807, 2.05) is 67.4 Å². The lowest BCUT2D eigenvalue weighted by Gasteiger charge is -2.46. The van der Waals surface area contributed by atoms with E-state index < -0.39 is 0 Å². The van der Waals surface area contributed by atoms with Gasteiger partial charge < -0.3 is 26.0 Å². The van der Waals surface area contributed by atoms with Gasteiger partial charge in [-0.25, -0.2) is 4.79 Å². The highest BCUT2D eigenvalue weighted by Crippen LogP contribution is 2.48. The molecule has 1 saturated carbocycles. The second-order valence-electron chi connectivity index (χ2n) is 10.5. The third-order valence-corrected chi connectivity index (χ3v) is 9.56. The van der Waals surface area contributed by atoms with Crippen molar-refractivity contribution in [3.63, 3.8) is 0 Å². The summed E-state index contributed by atoms with van der Waals surface area (Å²) in [6, 6.07) is 15.7. The largest absolute Gasteiger partial charge is 0.457 e. The van der Waals surface area contributed by atoms with Crippen LogP contribution >= 0.6 is 11.8 Å². The van der Waals surface area contributed by atoms with Crippen LogP contribution in [-0.2, 0) is 4.79 Å². The van der Waals surface area contributed by atoms with Gasteiger partial charge in [0.25, 0.3) is 5.91 Å². The number of nitrogens with zero attached hydrogens (tertiary/aromatic N) is 1. The Labute approximate surface area is 227 Å². The number of likely N-dealkylation sites (N-methyl/N-ethyl adjacent to an activating group) is 1. The number of aryl methyl sites for hydroxylation is 1. The van der Waals surface area contributed by atoms with Gasteiger partial charge in [-0.1, -0.05) is 42.8 Å². The molecule has 2 saturated heterocycles. The number of carbonyl (C=O) groups excluding carboxylic acids is 2. The molecular formula is C29H35N5O3S. The van der Waals surface area contributed by atoms with Crippen LogP contribution in [0.5, 0.6) is 11.5 Å². The summed E-state index contributed by atoms with van der Waals surface area (Å²) in [5.74, 6) is 1.46. The fourth-order valence-corrected chi connectivity index (χ4v) is 7.77. The summed E-state index contributed by atoms with van der Waals surface area (Å²) in [5.41, 5.74) is 2.61. The molecule has 0 aromatic heterocycles. The molecule has 3 aliphatic heterocycles. The first-order chi connectivity index (χ1) is 18.5. The molecule has 3 heterocycles. The van der Waals surface area contributed by atoms with Crippen LogP contribution < -0.4 is 30.9 Å². The van der Waals surface area contributed by atoms with E-state index in [4.69, 9.17) is 4.74 Å². The van der Waals surface area contributed by atoms with Crippen LogP contribution in [0.4, 0.5) is 10.5 Å². The summed E-state index contributed by atoms with van der Waals surface area (Å²) in [6.07, 6.45) is 5.16. The first-order valence-corrected chi connectivity index (χ1v) is 14.5. The molecule has 0 spiro atoms. The topological polar surface area (TPSA) is 94.7 Å². The maximum absolute atomic E-state index is 13.6. The van der Waals surface area contributed by atoms with Gasteiger partial charge in [-0.2, -0.15) is 0 Å². The van der Waals surface area contributed by atoms with Gasteiger partial charge in [0.15, 0.2) is 0 Å². The SMILES string of the molecule is CN[C@@H]1CCCC[C@@H]1NC(=O)C1=C2NC(=O)N(c3ccc(Oc4ccccc4)cc3C)C3CCNC(S1)C23. The van der Waals surface area contributed by atoms with Gasteiger partial charge in [-0.05, 0) is 75.7 Å². The molecule has 3 fully saturated rings. The molecule has 1 aliphatic carbocycles. The van der Waals surface area contributed by atoms with Crippen LogP contribution in [0.3, 0.4) is 0 Å². The van der Waals surface area contributed by atoms with Crippen LogP contribution in [0.1, 0.15) is 37.7 Å². The predicted octanol–water partition coefficient (Wildman–Crippen LogP) is 4.23. The molecule has 0 radical (unpaired) electrons. The van der Waals surface area contributed by atoms with E-state index in [2.05, 4.69) is 21.3 Å². The van der Waals surface area contributed by atoms with Crippen molar-refractivity contribution >= 4 is 29.4 Å². The smallest absolute Gasteiger partial charge is 0.326 e. The number of para-hydroxylation sites is 1. The van der Waals surface area contributed by atoms with Gasteiger partial charge in [-0.15, -0.1) is 0 Å². The highest BCUT2D eigenvalue weighted by atomic mass is 32.2. The number of piperidine rings is 1. The zero-order chi connectivity index (χ0) is 26.2. The van der Waals surface area contributed by atoms with Crippen molar-refractivity contribution in [1.82, 2.24) is 21.3 Å². The van der Waals surface area contributed by atoms with Crippen LogP contribution in [0.2, 0.25) is 0 Å². The Hall–Kier alpha value is -3.01. The lowest BCUT2D eigenvalue weighted by molar-refractivity contribution is -0.117. The average molecular weight is 534 g/mol. The Morgan fingerprint density at radius 3 is 2.61 bits per heavy atom. The van der Waals surface area contributed by atoms with Gasteiger partial charge >= 0.3 is 6.03 Å². The number of amides is 3. The van der Waals surface area contributed by atoms with E-state index in [1.165, 1.54) is 6.42 Å². The fraction of sp³-hybridized carbons (Fsp3) is 0.448. The number of benzene rings is 2. The summed E-state index contributed by atoms with van der Waals surface area (Å²) >= 11 is 1.56.